The maximum absolute atomic E-state index is 12.8. The van der Waals surface area contributed by atoms with E-state index in [9.17, 15) is 14.4 Å². The third-order valence-electron chi connectivity index (χ3n) is 12.2. The average Bonchev–Trinajstić information content (AvgIpc) is 3.33. The molecule has 386 valence electrons. The van der Waals surface area contributed by atoms with Gasteiger partial charge in [-0.15, -0.1) is 0 Å². The largest absolute Gasteiger partial charge is 0.462 e. The highest BCUT2D eigenvalue weighted by molar-refractivity contribution is 5.71. The van der Waals surface area contributed by atoms with E-state index in [4.69, 9.17) is 14.2 Å². The smallest absolute Gasteiger partial charge is 0.306 e. The van der Waals surface area contributed by atoms with Gasteiger partial charge in [-0.2, -0.15) is 0 Å². The lowest BCUT2D eigenvalue weighted by molar-refractivity contribution is -0.167. The molecule has 0 aliphatic carbocycles. The second-order valence-electron chi connectivity index (χ2n) is 18.8. The first-order valence-corrected chi connectivity index (χ1v) is 28.4. The van der Waals surface area contributed by atoms with Crippen LogP contribution in [0.4, 0.5) is 0 Å². The molecule has 0 saturated carbocycles. The fraction of sp³-hybridized carbons (Fsp3) is 0.754. The Labute approximate surface area is 414 Å². The van der Waals surface area contributed by atoms with E-state index in [2.05, 4.69) is 93.7 Å². The first-order chi connectivity index (χ1) is 33.0. The SMILES string of the molecule is CC/C=C\C/C=C\C/C=C\C/C=C\C/C=C\CCCCCCCC(=O)OC(COC(=O)CCCCCCC)COC(=O)CCCCCCCCCCCCC/C=C\CCCCCCCCCC. The molecule has 0 amide bonds. The molecule has 0 aliphatic heterocycles. The molecule has 0 aromatic heterocycles. The molecule has 0 aromatic carbocycles. The molecule has 6 heteroatoms. The molecular weight excluding hydrogens is 829 g/mol. The van der Waals surface area contributed by atoms with Crippen molar-refractivity contribution in [3.63, 3.8) is 0 Å². The first-order valence-electron chi connectivity index (χ1n) is 28.4. The van der Waals surface area contributed by atoms with Gasteiger partial charge in [-0.25, -0.2) is 0 Å². The number of ether oxygens (including phenoxy) is 3. The third kappa shape index (κ3) is 53.7. The van der Waals surface area contributed by atoms with E-state index in [1.807, 2.05) is 0 Å². The van der Waals surface area contributed by atoms with Gasteiger partial charge < -0.3 is 14.2 Å². The van der Waals surface area contributed by atoms with Gasteiger partial charge in [0.05, 0.1) is 0 Å². The molecule has 0 rings (SSSR count). The molecule has 0 saturated heterocycles. The fourth-order valence-electron chi connectivity index (χ4n) is 7.93. The number of rotatable bonds is 51. The van der Waals surface area contributed by atoms with Crippen molar-refractivity contribution in [1.82, 2.24) is 0 Å². The number of esters is 3. The molecule has 0 bridgehead atoms. The number of carbonyl (C=O) groups is 3. The van der Waals surface area contributed by atoms with Gasteiger partial charge >= 0.3 is 17.9 Å². The van der Waals surface area contributed by atoms with Crippen LogP contribution in [-0.2, 0) is 28.6 Å². The summed E-state index contributed by atoms with van der Waals surface area (Å²) in [6.45, 7) is 6.44. The van der Waals surface area contributed by atoms with Gasteiger partial charge in [-0.3, -0.25) is 14.4 Å². The molecular formula is C61H106O6. The van der Waals surface area contributed by atoms with Crippen molar-refractivity contribution >= 4 is 17.9 Å². The summed E-state index contributed by atoms with van der Waals surface area (Å²) in [5.41, 5.74) is 0. The standard InChI is InChI=1S/C61H106O6/c1-4-7-10-13-15-17-19-21-23-25-27-29-30-32-33-35-37-39-41-43-45-48-51-54-60(63)66-57-58(56-65-59(62)53-50-47-12-9-6-3)67-61(64)55-52-49-46-44-42-40-38-36-34-31-28-26-24-22-20-18-16-14-11-8-5-2/h8,11,16,18,22,24-25,27-28,31,36,38,58H,4-7,9-10,12-15,17,19-21,23,26,29-30,32-35,37,39-57H2,1-3H3/b11-8-,18-16-,24-22-,27-25-,31-28-,38-36-. The van der Waals surface area contributed by atoms with E-state index < -0.39 is 6.10 Å². The van der Waals surface area contributed by atoms with Crippen molar-refractivity contribution in [3.8, 4) is 0 Å². The van der Waals surface area contributed by atoms with Crippen LogP contribution in [0.25, 0.3) is 0 Å². The van der Waals surface area contributed by atoms with Crippen LogP contribution in [0.1, 0.15) is 278 Å². The Hall–Kier alpha value is -3.15. The van der Waals surface area contributed by atoms with E-state index >= 15 is 0 Å². The number of hydrogen-bond acceptors (Lipinski definition) is 6. The normalized spacial score (nSPS) is 12.6. The molecule has 1 atom stereocenters. The van der Waals surface area contributed by atoms with Crippen molar-refractivity contribution in [2.45, 2.75) is 284 Å². The molecule has 0 aromatic rings. The molecule has 0 heterocycles. The van der Waals surface area contributed by atoms with Crippen molar-refractivity contribution in [2.75, 3.05) is 13.2 Å². The molecule has 0 radical (unpaired) electrons. The summed E-state index contributed by atoms with van der Waals surface area (Å²) in [6, 6.07) is 0. The van der Waals surface area contributed by atoms with Crippen molar-refractivity contribution < 1.29 is 28.6 Å². The van der Waals surface area contributed by atoms with Crippen molar-refractivity contribution in [3.05, 3.63) is 72.9 Å². The van der Waals surface area contributed by atoms with Crippen LogP contribution in [0, 0.1) is 0 Å². The van der Waals surface area contributed by atoms with Crippen LogP contribution in [0.2, 0.25) is 0 Å². The minimum Gasteiger partial charge on any atom is -0.462 e. The highest BCUT2D eigenvalue weighted by atomic mass is 16.6. The van der Waals surface area contributed by atoms with Gasteiger partial charge in [0, 0.05) is 19.3 Å². The first kappa shape index (κ1) is 63.8. The molecule has 0 fully saturated rings. The number of unbranched alkanes of at least 4 members (excludes halogenated alkanes) is 28. The molecule has 0 spiro atoms. The monoisotopic (exact) mass is 935 g/mol. The molecule has 67 heavy (non-hydrogen) atoms. The summed E-state index contributed by atoms with van der Waals surface area (Å²) in [5, 5.41) is 0. The Bertz CT molecular complexity index is 1260. The summed E-state index contributed by atoms with van der Waals surface area (Å²) < 4.78 is 16.7. The highest BCUT2D eigenvalue weighted by Crippen LogP contribution is 2.15. The van der Waals surface area contributed by atoms with Crippen LogP contribution in [0.3, 0.4) is 0 Å². The zero-order valence-electron chi connectivity index (χ0n) is 44.2. The Morgan fingerprint density at radius 1 is 0.313 bits per heavy atom. The molecule has 0 N–H and O–H groups in total. The summed E-state index contributed by atoms with van der Waals surface area (Å²) in [6.07, 6.45) is 70.8. The van der Waals surface area contributed by atoms with Crippen molar-refractivity contribution in [1.29, 1.82) is 0 Å². The molecule has 0 aliphatic rings. The second kappa shape index (κ2) is 55.4. The van der Waals surface area contributed by atoms with Gasteiger partial charge in [0.15, 0.2) is 6.10 Å². The lowest BCUT2D eigenvalue weighted by Crippen LogP contribution is -2.30. The maximum atomic E-state index is 12.8. The maximum Gasteiger partial charge on any atom is 0.306 e. The van der Waals surface area contributed by atoms with E-state index in [0.717, 1.165) is 116 Å². The van der Waals surface area contributed by atoms with Crippen LogP contribution < -0.4 is 0 Å². The van der Waals surface area contributed by atoms with Crippen LogP contribution in [0.15, 0.2) is 72.9 Å². The predicted molar refractivity (Wildman–Crippen MR) is 288 cm³/mol. The van der Waals surface area contributed by atoms with Gasteiger partial charge in [0.2, 0.25) is 0 Å². The highest BCUT2D eigenvalue weighted by Gasteiger charge is 2.19. The average molecular weight is 936 g/mol. The summed E-state index contributed by atoms with van der Waals surface area (Å²) in [7, 11) is 0. The summed E-state index contributed by atoms with van der Waals surface area (Å²) >= 11 is 0. The fourth-order valence-corrected chi connectivity index (χ4v) is 7.93. The molecule has 6 nitrogen and oxygen atoms in total. The van der Waals surface area contributed by atoms with Gasteiger partial charge in [0.1, 0.15) is 13.2 Å². The van der Waals surface area contributed by atoms with E-state index in [0.29, 0.717) is 19.3 Å². The number of allylic oxidation sites excluding steroid dienone is 12. The van der Waals surface area contributed by atoms with E-state index in [-0.39, 0.29) is 31.1 Å². The second-order valence-corrected chi connectivity index (χ2v) is 18.8. The predicted octanol–water partition coefficient (Wildman–Crippen LogP) is 19.0. The van der Waals surface area contributed by atoms with Crippen LogP contribution in [0.5, 0.6) is 0 Å². The van der Waals surface area contributed by atoms with Gasteiger partial charge in [0.25, 0.3) is 0 Å². The zero-order valence-corrected chi connectivity index (χ0v) is 44.2. The Kier molecular flexibility index (Phi) is 52.8. The Balaban J connectivity index is 4.13. The van der Waals surface area contributed by atoms with E-state index in [1.54, 1.807) is 0 Å². The van der Waals surface area contributed by atoms with Gasteiger partial charge in [-0.05, 0) is 89.9 Å². The van der Waals surface area contributed by atoms with Crippen molar-refractivity contribution in [2.24, 2.45) is 0 Å². The molecule has 1 unspecified atom stereocenters. The summed E-state index contributed by atoms with van der Waals surface area (Å²) in [5.74, 6) is -0.911. The number of carbonyl (C=O) groups excluding carboxylic acids is 3. The van der Waals surface area contributed by atoms with Crippen LogP contribution >= 0.6 is 0 Å². The topological polar surface area (TPSA) is 78.9 Å². The van der Waals surface area contributed by atoms with Gasteiger partial charge in [-0.1, -0.05) is 241 Å². The quantitative estimate of drug-likeness (QED) is 0.0262. The Morgan fingerprint density at radius 2 is 0.582 bits per heavy atom. The lowest BCUT2D eigenvalue weighted by Gasteiger charge is -2.18. The number of hydrogen-bond donors (Lipinski definition) is 0. The Morgan fingerprint density at radius 3 is 0.925 bits per heavy atom. The third-order valence-corrected chi connectivity index (χ3v) is 12.2. The minimum atomic E-state index is -0.782. The van der Waals surface area contributed by atoms with Crippen LogP contribution in [-0.4, -0.2) is 37.2 Å². The lowest BCUT2D eigenvalue weighted by atomic mass is 10.0. The minimum absolute atomic E-state index is 0.0831. The zero-order chi connectivity index (χ0) is 48.6. The summed E-state index contributed by atoms with van der Waals surface area (Å²) in [4.78, 5) is 37.8. The van der Waals surface area contributed by atoms with E-state index in [1.165, 1.54) is 122 Å².